The maximum Gasteiger partial charge on any atom is 0.266 e. The average molecular weight is 730 g/mol. The van der Waals surface area contributed by atoms with Gasteiger partial charge in [-0.05, 0) is 87.6 Å². The molecule has 0 bridgehead atoms. The predicted octanol–water partition coefficient (Wildman–Crippen LogP) is 6.93. The molecule has 4 fully saturated rings. The van der Waals surface area contributed by atoms with Crippen LogP contribution in [0.25, 0.3) is 5.57 Å². The van der Waals surface area contributed by atoms with Gasteiger partial charge in [0.05, 0.1) is 22.7 Å². The number of anilines is 1. The molecule has 4 aliphatic rings. The van der Waals surface area contributed by atoms with Gasteiger partial charge in [0.1, 0.15) is 10.8 Å². The first kappa shape index (κ1) is 35.8. The van der Waals surface area contributed by atoms with E-state index in [-0.39, 0.29) is 29.8 Å². The second-order valence-corrected chi connectivity index (χ2v) is 15.5. The van der Waals surface area contributed by atoms with Crippen LogP contribution >= 0.6 is 34.8 Å². The van der Waals surface area contributed by atoms with Crippen LogP contribution in [0.3, 0.4) is 0 Å². The molecule has 2 saturated heterocycles. The van der Waals surface area contributed by atoms with Crippen LogP contribution in [0.1, 0.15) is 76.0 Å². The lowest BCUT2D eigenvalue weighted by molar-refractivity contribution is -0.146. The number of nitrogens with zero attached hydrogens (tertiary/aromatic N) is 3. The zero-order valence-corrected chi connectivity index (χ0v) is 30.6. The summed E-state index contributed by atoms with van der Waals surface area (Å²) in [5.74, 6) is 0.536. The number of ether oxygens (including phenoxy) is 1. The van der Waals surface area contributed by atoms with Gasteiger partial charge in [0.25, 0.3) is 5.91 Å². The number of carbonyl (C=O) groups excluding carboxylic acids is 2. The fraction of sp³-hybridized carbons (Fsp3) is 0.541. The third kappa shape index (κ3) is 7.55. The highest BCUT2D eigenvalue weighted by molar-refractivity contribution is 6.40. The number of hydrogen-bond donors (Lipinski definition) is 3. The molecule has 12 heteroatoms. The summed E-state index contributed by atoms with van der Waals surface area (Å²) in [4.78, 5) is 34.2. The molecule has 264 valence electrons. The van der Waals surface area contributed by atoms with Crippen LogP contribution < -0.4 is 20.7 Å². The molecular weight excluding hydrogens is 683 g/mol. The van der Waals surface area contributed by atoms with Crippen molar-refractivity contribution in [2.24, 2.45) is 17.6 Å². The van der Waals surface area contributed by atoms with Gasteiger partial charge in [0.2, 0.25) is 5.91 Å². The Morgan fingerprint density at radius 2 is 1.76 bits per heavy atom. The van der Waals surface area contributed by atoms with Crippen LogP contribution in [0.4, 0.5) is 5.69 Å². The SMILES string of the molecule is CC(C)(Oc1ccc(Cl)c(N2CCC[C@@H](C(=O)N(C3CC3)C(c3ccc(/C(C=N)=C/N)cc3Cl)C3CCC3)C2)c1Cl)C(=O)N1CCNCC1. The molecule has 2 heterocycles. The van der Waals surface area contributed by atoms with Crippen molar-refractivity contribution in [3.63, 3.8) is 0 Å². The molecule has 2 aliphatic carbocycles. The van der Waals surface area contributed by atoms with Crippen molar-refractivity contribution in [2.75, 3.05) is 44.2 Å². The maximum absolute atomic E-state index is 14.7. The Morgan fingerprint density at radius 1 is 1.02 bits per heavy atom. The van der Waals surface area contributed by atoms with Gasteiger partial charge in [-0.15, -0.1) is 0 Å². The molecular formula is C37H47Cl3N6O3. The predicted molar refractivity (Wildman–Crippen MR) is 198 cm³/mol. The molecule has 0 aromatic heterocycles. The van der Waals surface area contributed by atoms with Crippen molar-refractivity contribution in [1.29, 1.82) is 5.41 Å². The summed E-state index contributed by atoms with van der Waals surface area (Å²) in [5, 5.41) is 12.4. The number of hydrogen-bond acceptors (Lipinski definition) is 7. The lowest BCUT2D eigenvalue weighted by atomic mass is 9.75. The molecule has 2 saturated carbocycles. The number of halogens is 3. The molecule has 49 heavy (non-hydrogen) atoms. The summed E-state index contributed by atoms with van der Waals surface area (Å²) in [6.07, 6.45) is 9.41. The Kier molecular flexibility index (Phi) is 11.0. The number of benzene rings is 2. The summed E-state index contributed by atoms with van der Waals surface area (Å²) in [6.45, 7) is 7.46. The third-order valence-electron chi connectivity index (χ3n) is 10.5. The Morgan fingerprint density at radius 3 is 2.37 bits per heavy atom. The van der Waals surface area contributed by atoms with Gasteiger partial charge in [0.15, 0.2) is 5.60 Å². The molecule has 6 rings (SSSR count). The van der Waals surface area contributed by atoms with Crippen LogP contribution in [-0.4, -0.2) is 78.7 Å². The van der Waals surface area contributed by atoms with Gasteiger partial charge in [0, 0.05) is 68.3 Å². The van der Waals surface area contributed by atoms with Crippen molar-refractivity contribution in [3.05, 3.63) is 62.7 Å². The molecule has 0 radical (unpaired) electrons. The molecule has 2 aromatic rings. The van der Waals surface area contributed by atoms with E-state index < -0.39 is 5.60 Å². The molecule has 0 spiro atoms. The number of allylic oxidation sites excluding steroid dienone is 1. The van der Waals surface area contributed by atoms with Crippen LogP contribution in [-0.2, 0) is 9.59 Å². The molecule has 2 amide bonds. The van der Waals surface area contributed by atoms with E-state index in [1.165, 1.54) is 12.4 Å². The average Bonchev–Trinajstić information content (AvgIpc) is 3.91. The van der Waals surface area contributed by atoms with E-state index in [4.69, 9.17) is 50.7 Å². The van der Waals surface area contributed by atoms with Gasteiger partial charge < -0.3 is 35.9 Å². The quantitative estimate of drug-likeness (QED) is 0.216. The van der Waals surface area contributed by atoms with Crippen LogP contribution in [0.2, 0.25) is 15.1 Å². The number of amides is 2. The maximum atomic E-state index is 14.7. The minimum absolute atomic E-state index is 0.0906. The van der Waals surface area contributed by atoms with E-state index in [0.717, 1.165) is 69.2 Å². The second-order valence-electron chi connectivity index (χ2n) is 14.3. The topological polar surface area (TPSA) is 115 Å². The molecule has 2 atom stereocenters. The van der Waals surface area contributed by atoms with E-state index >= 15 is 0 Å². The molecule has 1 unspecified atom stereocenters. The largest absolute Gasteiger partial charge is 0.476 e. The monoisotopic (exact) mass is 728 g/mol. The van der Waals surface area contributed by atoms with Crippen LogP contribution in [0, 0.1) is 17.2 Å². The number of piperazine rings is 1. The minimum Gasteiger partial charge on any atom is -0.476 e. The van der Waals surface area contributed by atoms with Gasteiger partial charge in [-0.3, -0.25) is 9.59 Å². The van der Waals surface area contributed by atoms with Crippen LogP contribution in [0.5, 0.6) is 5.75 Å². The van der Waals surface area contributed by atoms with E-state index in [1.807, 2.05) is 23.1 Å². The van der Waals surface area contributed by atoms with Crippen molar-refractivity contribution in [3.8, 4) is 5.75 Å². The highest BCUT2D eigenvalue weighted by Crippen LogP contribution is 2.49. The van der Waals surface area contributed by atoms with Gasteiger partial charge >= 0.3 is 0 Å². The standard InChI is InChI=1S/C37H47Cl3N6O3/c1-37(2,36(48)44-17-14-43-15-18-44)49-31-13-12-29(38)34(32(31)40)45-16-4-7-25(22-45)35(47)46(27-9-10-27)33(23-5-3-6-23)28-11-8-24(19-30(28)39)26(20-41)21-42/h8,11-13,19-21,23,25,27,33,41,43H,3-7,9-10,14-18,22,42H2,1-2H3/b26-21+,41-20?/t25-,33?/m1/s1. The van der Waals surface area contributed by atoms with Gasteiger partial charge in [-0.1, -0.05) is 53.4 Å². The van der Waals surface area contributed by atoms with Crippen LogP contribution in [0.15, 0.2) is 36.5 Å². The van der Waals surface area contributed by atoms with Crippen molar-refractivity contribution in [2.45, 2.75) is 76.5 Å². The Balaban J connectivity index is 1.24. The minimum atomic E-state index is -1.13. The van der Waals surface area contributed by atoms with E-state index in [0.29, 0.717) is 64.2 Å². The summed E-state index contributed by atoms with van der Waals surface area (Å²) in [6, 6.07) is 9.37. The van der Waals surface area contributed by atoms with E-state index in [2.05, 4.69) is 15.1 Å². The Hall–Kier alpha value is -2.98. The fourth-order valence-electron chi connectivity index (χ4n) is 7.51. The van der Waals surface area contributed by atoms with Gasteiger partial charge in [-0.2, -0.15) is 0 Å². The number of nitrogens with one attached hydrogen (secondary N) is 2. The lowest BCUT2D eigenvalue weighted by Gasteiger charge is -2.45. The highest BCUT2D eigenvalue weighted by atomic mass is 35.5. The summed E-state index contributed by atoms with van der Waals surface area (Å²) < 4.78 is 6.32. The first-order chi connectivity index (χ1) is 23.5. The Bertz CT molecular complexity index is 1600. The van der Waals surface area contributed by atoms with Crippen molar-refractivity contribution < 1.29 is 14.3 Å². The molecule has 2 aromatic carbocycles. The number of piperidine rings is 1. The first-order valence-electron chi connectivity index (χ1n) is 17.5. The second kappa shape index (κ2) is 15.1. The van der Waals surface area contributed by atoms with E-state index in [9.17, 15) is 9.59 Å². The van der Waals surface area contributed by atoms with E-state index in [1.54, 1.807) is 26.0 Å². The third-order valence-corrected chi connectivity index (χ3v) is 11.5. The zero-order chi connectivity index (χ0) is 34.9. The Labute approximate surface area is 304 Å². The number of nitrogens with two attached hydrogens (primary N) is 1. The molecule has 2 aliphatic heterocycles. The lowest BCUT2D eigenvalue weighted by Crippen LogP contribution is -2.54. The van der Waals surface area contributed by atoms with Crippen molar-refractivity contribution >= 4 is 64.1 Å². The molecule has 4 N–H and O–H groups in total. The van der Waals surface area contributed by atoms with Crippen molar-refractivity contribution in [1.82, 2.24) is 15.1 Å². The number of carbonyl (C=O) groups is 2. The normalized spacial score (nSPS) is 21.2. The summed E-state index contributed by atoms with van der Waals surface area (Å²) >= 11 is 20.8. The first-order valence-corrected chi connectivity index (χ1v) is 18.6. The zero-order valence-electron chi connectivity index (χ0n) is 28.3. The highest BCUT2D eigenvalue weighted by Gasteiger charge is 2.46. The number of rotatable bonds is 11. The molecule has 9 nitrogen and oxygen atoms in total. The summed E-state index contributed by atoms with van der Waals surface area (Å²) in [5.41, 5.74) is 7.58. The summed E-state index contributed by atoms with van der Waals surface area (Å²) in [7, 11) is 0. The fourth-order valence-corrected chi connectivity index (χ4v) is 8.45. The van der Waals surface area contributed by atoms with Gasteiger partial charge in [-0.25, -0.2) is 0 Å². The smallest absolute Gasteiger partial charge is 0.266 e.